The fourth-order valence-corrected chi connectivity index (χ4v) is 3.02. The van der Waals surface area contributed by atoms with Gasteiger partial charge in [0.05, 0.1) is 23.4 Å². The van der Waals surface area contributed by atoms with Crippen LogP contribution in [0.2, 0.25) is 0 Å². The zero-order chi connectivity index (χ0) is 21.4. The maximum atomic E-state index is 12.8. The highest BCUT2D eigenvalue weighted by Gasteiger charge is 2.16. The van der Waals surface area contributed by atoms with Gasteiger partial charge in [-0.05, 0) is 54.9 Å². The lowest BCUT2D eigenvalue weighted by Gasteiger charge is -2.15. The number of halogens is 1. The molecule has 0 aromatic heterocycles. The summed E-state index contributed by atoms with van der Waals surface area (Å²) in [6.07, 6.45) is 0.882. The Morgan fingerprint density at radius 2 is 1.83 bits per heavy atom. The fourth-order valence-electron chi connectivity index (χ4n) is 2.46. The molecule has 29 heavy (non-hydrogen) atoms. The maximum Gasteiger partial charge on any atom is 0.261 e. The van der Waals surface area contributed by atoms with Crippen molar-refractivity contribution in [2.24, 2.45) is 5.92 Å². The summed E-state index contributed by atoms with van der Waals surface area (Å²) in [6.45, 7) is 4.74. The molecular formula is C21H24BrN3O3S. The summed E-state index contributed by atoms with van der Waals surface area (Å²) in [5.74, 6) is 0.329. The minimum absolute atomic E-state index is 0.0828. The van der Waals surface area contributed by atoms with Gasteiger partial charge in [0, 0.05) is 11.5 Å². The molecular weight excluding hydrogens is 454 g/mol. The Balaban J connectivity index is 2.11. The predicted molar refractivity (Wildman–Crippen MR) is 123 cm³/mol. The maximum absolute atomic E-state index is 12.8. The standard InChI is InChI=1S/C21H24BrN3O3S/c1-13(2)10-11-28-18-9-8-14(22)12-16(18)20(27)25-21(29)24-17-7-5-4-6-15(17)19(26)23-3/h4-9,12-13H,10-11H2,1-3H3,(H,23,26)(H2,24,25,27,29). The summed E-state index contributed by atoms with van der Waals surface area (Å²) < 4.78 is 6.54. The second kappa shape index (κ2) is 10.9. The van der Waals surface area contributed by atoms with E-state index in [9.17, 15) is 9.59 Å². The highest BCUT2D eigenvalue weighted by molar-refractivity contribution is 9.10. The highest BCUT2D eigenvalue weighted by Crippen LogP contribution is 2.24. The Hall–Kier alpha value is -2.45. The molecule has 3 N–H and O–H groups in total. The third-order valence-electron chi connectivity index (χ3n) is 4.01. The lowest BCUT2D eigenvalue weighted by molar-refractivity contribution is 0.0960. The van der Waals surface area contributed by atoms with Crippen molar-refractivity contribution in [3.05, 3.63) is 58.1 Å². The first-order valence-electron chi connectivity index (χ1n) is 9.17. The zero-order valence-corrected chi connectivity index (χ0v) is 18.9. The Morgan fingerprint density at radius 1 is 1.10 bits per heavy atom. The molecule has 0 aliphatic carbocycles. The van der Waals surface area contributed by atoms with Gasteiger partial charge in [0.15, 0.2) is 5.11 Å². The molecule has 0 radical (unpaired) electrons. The molecule has 2 aromatic rings. The van der Waals surface area contributed by atoms with E-state index in [1.54, 1.807) is 43.4 Å². The number of carbonyl (C=O) groups excluding carboxylic acids is 2. The molecule has 0 fully saturated rings. The molecule has 8 heteroatoms. The Kier molecular flexibility index (Phi) is 8.60. The van der Waals surface area contributed by atoms with E-state index in [0.29, 0.717) is 35.1 Å². The van der Waals surface area contributed by atoms with Crippen molar-refractivity contribution in [1.82, 2.24) is 10.6 Å². The average Bonchev–Trinajstić information content (AvgIpc) is 2.68. The molecule has 2 aromatic carbocycles. The van der Waals surface area contributed by atoms with Crippen LogP contribution in [0.3, 0.4) is 0 Å². The quantitative estimate of drug-likeness (QED) is 0.516. The first-order chi connectivity index (χ1) is 13.8. The van der Waals surface area contributed by atoms with Crippen LogP contribution in [0.15, 0.2) is 46.9 Å². The van der Waals surface area contributed by atoms with Crippen LogP contribution in [0, 0.1) is 5.92 Å². The van der Waals surface area contributed by atoms with E-state index in [2.05, 4.69) is 45.7 Å². The van der Waals surface area contributed by atoms with E-state index in [1.807, 2.05) is 6.07 Å². The van der Waals surface area contributed by atoms with Crippen LogP contribution in [0.5, 0.6) is 5.75 Å². The molecule has 6 nitrogen and oxygen atoms in total. The minimum atomic E-state index is -0.402. The largest absolute Gasteiger partial charge is 0.493 e. The van der Waals surface area contributed by atoms with Crippen LogP contribution in [0.4, 0.5) is 5.69 Å². The lowest BCUT2D eigenvalue weighted by atomic mass is 10.1. The Morgan fingerprint density at radius 3 is 2.52 bits per heavy atom. The molecule has 2 amide bonds. The van der Waals surface area contributed by atoms with Crippen molar-refractivity contribution < 1.29 is 14.3 Å². The summed E-state index contributed by atoms with van der Waals surface area (Å²) in [5, 5.41) is 8.20. The van der Waals surface area contributed by atoms with Crippen molar-refractivity contribution in [1.29, 1.82) is 0 Å². The molecule has 0 heterocycles. The number of rotatable bonds is 7. The molecule has 0 saturated carbocycles. The molecule has 0 saturated heterocycles. The normalized spacial score (nSPS) is 10.4. The van der Waals surface area contributed by atoms with E-state index < -0.39 is 5.91 Å². The van der Waals surface area contributed by atoms with Crippen molar-refractivity contribution in [3.63, 3.8) is 0 Å². The van der Waals surface area contributed by atoms with Crippen LogP contribution < -0.4 is 20.7 Å². The lowest BCUT2D eigenvalue weighted by Crippen LogP contribution is -2.35. The minimum Gasteiger partial charge on any atom is -0.493 e. The van der Waals surface area contributed by atoms with Gasteiger partial charge in [0.2, 0.25) is 0 Å². The van der Waals surface area contributed by atoms with E-state index in [4.69, 9.17) is 17.0 Å². The fraction of sp³-hybridized carbons (Fsp3) is 0.286. The number of para-hydroxylation sites is 1. The molecule has 0 bridgehead atoms. The van der Waals surface area contributed by atoms with Gasteiger partial charge < -0.3 is 15.4 Å². The molecule has 0 unspecified atom stereocenters. The Labute approximate surface area is 184 Å². The first kappa shape index (κ1) is 22.8. The molecule has 0 spiro atoms. The SMILES string of the molecule is CNC(=O)c1ccccc1NC(=S)NC(=O)c1cc(Br)ccc1OCCC(C)C. The van der Waals surface area contributed by atoms with E-state index in [-0.39, 0.29) is 11.0 Å². The van der Waals surface area contributed by atoms with Crippen molar-refractivity contribution in [2.45, 2.75) is 20.3 Å². The molecule has 154 valence electrons. The molecule has 0 atom stereocenters. The second-order valence-electron chi connectivity index (χ2n) is 6.70. The molecule has 2 rings (SSSR count). The number of benzene rings is 2. The van der Waals surface area contributed by atoms with Crippen LogP contribution in [-0.2, 0) is 0 Å². The Bertz CT molecular complexity index is 902. The third-order valence-corrected chi connectivity index (χ3v) is 4.71. The highest BCUT2D eigenvalue weighted by atomic mass is 79.9. The van der Waals surface area contributed by atoms with Gasteiger partial charge in [-0.25, -0.2) is 0 Å². The van der Waals surface area contributed by atoms with E-state index >= 15 is 0 Å². The first-order valence-corrected chi connectivity index (χ1v) is 10.4. The van der Waals surface area contributed by atoms with Gasteiger partial charge in [-0.2, -0.15) is 0 Å². The van der Waals surface area contributed by atoms with Gasteiger partial charge in [0.1, 0.15) is 5.75 Å². The van der Waals surface area contributed by atoms with Crippen LogP contribution in [-0.4, -0.2) is 30.6 Å². The van der Waals surface area contributed by atoms with Crippen LogP contribution >= 0.6 is 28.1 Å². The number of amides is 2. The van der Waals surface area contributed by atoms with E-state index in [0.717, 1.165) is 10.9 Å². The number of anilines is 1. The number of hydrogen-bond donors (Lipinski definition) is 3. The molecule has 0 aliphatic heterocycles. The molecule has 0 aliphatic rings. The second-order valence-corrected chi connectivity index (χ2v) is 8.03. The van der Waals surface area contributed by atoms with Gasteiger partial charge in [0.25, 0.3) is 11.8 Å². The van der Waals surface area contributed by atoms with Crippen molar-refractivity contribution in [3.8, 4) is 5.75 Å². The summed E-state index contributed by atoms with van der Waals surface area (Å²) in [4.78, 5) is 24.8. The summed E-state index contributed by atoms with van der Waals surface area (Å²) >= 11 is 8.65. The van der Waals surface area contributed by atoms with Crippen LogP contribution in [0.25, 0.3) is 0 Å². The van der Waals surface area contributed by atoms with E-state index in [1.165, 1.54) is 0 Å². The van der Waals surface area contributed by atoms with Gasteiger partial charge in [-0.1, -0.05) is 41.9 Å². The number of thiocarbonyl (C=S) groups is 1. The third kappa shape index (κ3) is 6.83. The summed E-state index contributed by atoms with van der Waals surface area (Å²) in [5.41, 5.74) is 1.29. The predicted octanol–water partition coefficient (Wildman–Crippen LogP) is 4.36. The number of hydrogen-bond acceptors (Lipinski definition) is 4. The van der Waals surface area contributed by atoms with Crippen molar-refractivity contribution in [2.75, 3.05) is 19.0 Å². The average molecular weight is 478 g/mol. The smallest absolute Gasteiger partial charge is 0.261 e. The zero-order valence-electron chi connectivity index (χ0n) is 16.5. The topological polar surface area (TPSA) is 79.5 Å². The van der Waals surface area contributed by atoms with Crippen molar-refractivity contribution >= 4 is 50.8 Å². The van der Waals surface area contributed by atoms with Crippen LogP contribution in [0.1, 0.15) is 41.0 Å². The number of nitrogens with one attached hydrogen (secondary N) is 3. The summed E-state index contributed by atoms with van der Waals surface area (Å²) in [6, 6.07) is 12.1. The van der Waals surface area contributed by atoms with Gasteiger partial charge in [-0.3, -0.25) is 14.9 Å². The van der Waals surface area contributed by atoms with Gasteiger partial charge >= 0.3 is 0 Å². The number of ether oxygens (including phenoxy) is 1. The van der Waals surface area contributed by atoms with Gasteiger partial charge in [-0.15, -0.1) is 0 Å². The monoisotopic (exact) mass is 477 g/mol. The number of carbonyl (C=O) groups is 2. The summed E-state index contributed by atoms with van der Waals surface area (Å²) in [7, 11) is 1.55.